The molecule has 0 saturated heterocycles. The third kappa shape index (κ3) is 3.78. The molecule has 0 radical (unpaired) electrons. The van der Waals surface area contributed by atoms with Gasteiger partial charge in [-0.25, -0.2) is 0 Å². The molecule has 1 aliphatic carbocycles. The van der Waals surface area contributed by atoms with Crippen LogP contribution in [0.1, 0.15) is 43.7 Å². The fraction of sp³-hybridized carbons (Fsp3) is 0.625. The van der Waals surface area contributed by atoms with Gasteiger partial charge in [-0.05, 0) is 42.7 Å². The molecule has 0 aromatic heterocycles. The lowest BCUT2D eigenvalue weighted by Gasteiger charge is -2.38. The summed E-state index contributed by atoms with van der Waals surface area (Å²) in [5.41, 5.74) is 7.89. The summed E-state index contributed by atoms with van der Waals surface area (Å²) in [6.45, 7) is 3.60. The van der Waals surface area contributed by atoms with Crippen LogP contribution in [0.25, 0.3) is 0 Å². The molecule has 106 valence electrons. The van der Waals surface area contributed by atoms with Crippen LogP contribution in [0, 0.1) is 5.92 Å². The van der Waals surface area contributed by atoms with Gasteiger partial charge in [-0.3, -0.25) is 0 Å². The largest absolute Gasteiger partial charge is 0.392 e. The van der Waals surface area contributed by atoms with Crippen LogP contribution in [0.3, 0.4) is 0 Å². The molecule has 2 rings (SSSR count). The van der Waals surface area contributed by atoms with Crippen LogP contribution in [-0.4, -0.2) is 17.3 Å². The quantitative estimate of drug-likeness (QED) is 0.858. The van der Waals surface area contributed by atoms with Crippen molar-refractivity contribution in [1.82, 2.24) is 0 Å². The molecule has 1 fully saturated rings. The van der Waals surface area contributed by atoms with E-state index in [1.54, 1.807) is 0 Å². The molecule has 1 aromatic carbocycles. The van der Waals surface area contributed by atoms with Crippen molar-refractivity contribution in [2.24, 2.45) is 11.7 Å². The molecule has 3 heteroatoms. The van der Waals surface area contributed by atoms with E-state index in [4.69, 9.17) is 15.6 Å². The van der Waals surface area contributed by atoms with Gasteiger partial charge in [0.25, 0.3) is 0 Å². The maximum absolute atomic E-state index is 9.02. The summed E-state index contributed by atoms with van der Waals surface area (Å²) in [5.74, 6) is 0.798. The Labute approximate surface area is 115 Å². The minimum absolute atomic E-state index is 0.0891. The lowest BCUT2D eigenvalue weighted by Crippen LogP contribution is -2.43. The lowest BCUT2D eigenvalue weighted by atomic mass is 9.79. The summed E-state index contributed by atoms with van der Waals surface area (Å²) in [4.78, 5) is 0. The first-order valence-corrected chi connectivity index (χ1v) is 7.20. The van der Waals surface area contributed by atoms with Gasteiger partial charge < -0.3 is 15.6 Å². The first-order chi connectivity index (χ1) is 9.17. The standard InChI is InChI=1S/C16H25NO2/c1-13-6-8-16(12-17,9-7-13)19-11-15-4-2-14(10-18)3-5-15/h2-5,13,18H,6-12,17H2,1H3. The minimum Gasteiger partial charge on any atom is -0.392 e. The van der Waals surface area contributed by atoms with E-state index in [1.807, 2.05) is 24.3 Å². The summed E-state index contributed by atoms with van der Waals surface area (Å²) in [6.07, 6.45) is 4.56. The van der Waals surface area contributed by atoms with E-state index in [0.29, 0.717) is 13.2 Å². The predicted octanol–water partition coefficient (Wildman–Crippen LogP) is 2.60. The molecule has 19 heavy (non-hydrogen) atoms. The van der Waals surface area contributed by atoms with E-state index in [0.717, 1.165) is 29.9 Å². The van der Waals surface area contributed by atoms with Gasteiger partial charge in [0.1, 0.15) is 0 Å². The predicted molar refractivity (Wildman–Crippen MR) is 76.6 cm³/mol. The summed E-state index contributed by atoms with van der Waals surface area (Å²) in [5, 5.41) is 9.02. The molecule has 0 spiro atoms. The highest BCUT2D eigenvalue weighted by molar-refractivity contribution is 5.21. The molecular weight excluding hydrogens is 238 g/mol. The van der Waals surface area contributed by atoms with E-state index in [-0.39, 0.29) is 12.2 Å². The van der Waals surface area contributed by atoms with Gasteiger partial charge in [0.15, 0.2) is 0 Å². The number of hydrogen-bond donors (Lipinski definition) is 2. The Balaban J connectivity index is 1.91. The Kier molecular flexibility index (Phi) is 4.97. The highest BCUT2D eigenvalue weighted by Crippen LogP contribution is 2.34. The summed E-state index contributed by atoms with van der Waals surface area (Å²) >= 11 is 0. The van der Waals surface area contributed by atoms with Crippen molar-refractivity contribution in [1.29, 1.82) is 0 Å². The van der Waals surface area contributed by atoms with Crippen LogP contribution in [0.5, 0.6) is 0 Å². The fourth-order valence-electron chi connectivity index (χ4n) is 2.67. The Bertz CT molecular complexity index is 380. The Hall–Kier alpha value is -0.900. The number of ether oxygens (including phenoxy) is 1. The highest BCUT2D eigenvalue weighted by atomic mass is 16.5. The normalized spacial score (nSPS) is 27.4. The number of nitrogens with two attached hydrogens (primary N) is 1. The van der Waals surface area contributed by atoms with Crippen LogP contribution in [0.2, 0.25) is 0 Å². The van der Waals surface area contributed by atoms with Crippen LogP contribution in [0.15, 0.2) is 24.3 Å². The Morgan fingerprint density at radius 2 is 1.79 bits per heavy atom. The third-order valence-corrected chi connectivity index (χ3v) is 4.31. The van der Waals surface area contributed by atoms with Gasteiger partial charge in [0, 0.05) is 6.54 Å². The number of benzene rings is 1. The zero-order valence-electron chi connectivity index (χ0n) is 11.8. The van der Waals surface area contributed by atoms with E-state index >= 15 is 0 Å². The average Bonchev–Trinajstić information content (AvgIpc) is 2.48. The second kappa shape index (κ2) is 6.51. The molecule has 3 nitrogen and oxygen atoms in total. The van der Waals surface area contributed by atoms with E-state index < -0.39 is 0 Å². The van der Waals surface area contributed by atoms with Gasteiger partial charge in [-0.1, -0.05) is 31.2 Å². The maximum Gasteiger partial charge on any atom is 0.0808 e. The molecule has 0 atom stereocenters. The van der Waals surface area contributed by atoms with Gasteiger partial charge in [-0.2, -0.15) is 0 Å². The highest BCUT2D eigenvalue weighted by Gasteiger charge is 2.33. The van der Waals surface area contributed by atoms with E-state index in [9.17, 15) is 0 Å². The van der Waals surface area contributed by atoms with Crippen molar-refractivity contribution in [2.75, 3.05) is 6.54 Å². The summed E-state index contributed by atoms with van der Waals surface area (Å²) in [6, 6.07) is 7.91. The van der Waals surface area contributed by atoms with Crippen molar-refractivity contribution >= 4 is 0 Å². The zero-order chi connectivity index (χ0) is 13.7. The molecule has 0 amide bonds. The van der Waals surface area contributed by atoms with E-state index in [2.05, 4.69) is 6.92 Å². The molecule has 0 aliphatic heterocycles. The van der Waals surface area contributed by atoms with Crippen LogP contribution < -0.4 is 5.73 Å². The van der Waals surface area contributed by atoms with Crippen molar-refractivity contribution in [3.8, 4) is 0 Å². The molecular formula is C16H25NO2. The van der Waals surface area contributed by atoms with Crippen molar-refractivity contribution < 1.29 is 9.84 Å². The topological polar surface area (TPSA) is 55.5 Å². The van der Waals surface area contributed by atoms with Gasteiger partial charge >= 0.3 is 0 Å². The smallest absolute Gasteiger partial charge is 0.0808 e. The molecule has 0 unspecified atom stereocenters. The number of rotatable bonds is 5. The van der Waals surface area contributed by atoms with Crippen LogP contribution >= 0.6 is 0 Å². The molecule has 3 N–H and O–H groups in total. The van der Waals surface area contributed by atoms with Gasteiger partial charge in [0.05, 0.1) is 18.8 Å². The summed E-state index contributed by atoms with van der Waals surface area (Å²) in [7, 11) is 0. The molecule has 0 heterocycles. The zero-order valence-corrected chi connectivity index (χ0v) is 11.8. The van der Waals surface area contributed by atoms with Gasteiger partial charge in [0.2, 0.25) is 0 Å². The van der Waals surface area contributed by atoms with Gasteiger partial charge in [-0.15, -0.1) is 0 Å². The molecule has 1 aliphatic rings. The van der Waals surface area contributed by atoms with Crippen molar-refractivity contribution in [3.05, 3.63) is 35.4 Å². The van der Waals surface area contributed by atoms with E-state index in [1.165, 1.54) is 12.8 Å². The molecule has 1 aromatic rings. The first-order valence-electron chi connectivity index (χ1n) is 7.20. The second-order valence-electron chi connectivity index (χ2n) is 5.83. The second-order valence-corrected chi connectivity index (χ2v) is 5.83. The molecule has 1 saturated carbocycles. The molecule has 0 bridgehead atoms. The monoisotopic (exact) mass is 263 g/mol. The fourth-order valence-corrected chi connectivity index (χ4v) is 2.67. The Morgan fingerprint density at radius 3 is 2.32 bits per heavy atom. The van der Waals surface area contributed by atoms with Crippen molar-refractivity contribution in [3.63, 3.8) is 0 Å². The lowest BCUT2D eigenvalue weighted by molar-refractivity contribution is -0.0799. The maximum atomic E-state index is 9.02. The summed E-state index contributed by atoms with van der Waals surface area (Å²) < 4.78 is 6.14. The SMILES string of the molecule is CC1CCC(CN)(OCc2ccc(CO)cc2)CC1. The third-order valence-electron chi connectivity index (χ3n) is 4.31. The Morgan fingerprint density at radius 1 is 1.21 bits per heavy atom. The van der Waals surface area contributed by atoms with Crippen LogP contribution in [0.4, 0.5) is 0 Å². The minimum atomic E-state index is -0.123. The van der Waals surface area contributed by atoms with Crippen molar-refractivity contribution in [2.45, 2.75) is 51.4 Å². The number of hydrogen-bond acceptors (Lipinski definition) is 3. The number of aliphatic hydroxyl groups excluding tert-OH is 1. The van der Waals surface area contributed by atoms with Crippen LogP contribution in [-0.2, 0) is 18.0 Å². The number of aliphatic hydroxyl groups is 1. The average molecular weight is 263 g/mol. The first kappa shape index (κ1) is 14.5.